The molecule has 2 rings (SSSR count). The summed E-state index contributed by atoms with van der Waals surface area (Å²) in [5.41, 5.74) is 0.698. The Bertz CT molecular complexity index is 567. The van der Waals surface area contributed by atoms with E-state index in [1.54, 1.807) is 25.1 Å². The van der Waals surface area contributed by atoms with Gasteiger partial charge in [-0.2, -0.15) is 0 Å². The van der Waals surface area contributed by atoms with Crippen LogP contribution in [0.1, 0.15) is 33.6 Å². The Labute approximate surface area is 103 Å². The topological polar surface area (TPSA) is 30.0 Å². The number of benzene rings is 1. The summed E-state index contributed by atoms with van der Waals surface area (Å²) >= 11 is 0. The van der Waals surface area contributed by atoms with Crippen molar-refractivity contribution in [2.45, 2.75) is 13.3 Å². The number of halogens is 2. The van der Waals surface area contributed by atoms with Gasteiger partial charge in [-0.15, -0.1) is 0 Å². The second-order valence-electron chi connectivity index (χ2n) is 3.94. The number of aromatic nitrogens is 1. The van der Waals surface area contributed by atoms with Gasteiger partial charge in [0.2, 0.25) is 5.78 Å². The summed E-state index contributed by atoms with van der Waals surface area (Å²) in [6.45, 7) is 1.75. The molecule has 0 saturated carbocycles. The van der Waals surface area contributed by atoms with Crippen LogP contribution in [-0.2, 0) is 0 Å². The molecule has 0 unspecified atom stereocenters. The molecule has 0 radical (unpaired) electrons. The summed E-state index contributed by atoms with van der Waals surface area (Å²) in [7, 11) is 0. The lowest BCUT2D eigenvalue weighted by atomic mass is 9.99. The van der Waals surface area contributed by atoms with E-state index in [-0.39, 0.29) is 16.8 Å². The van der Waals surface area contributed by atoms with Gasteiger partial charge in [0, 0.05) is 17.3 Å². The molecule has 0 spiro atoms. The number of ketones is 1. The first-order valence-electron chi connectivity index (χ1n) is 5.44. The van der Waals surface area contributed by atoms with Gasteiger partial charge in [-0.1, -0.05) is 23.8 Å². The monoisotopic (exact) mass is 247 g/mol. The second-order valence-corrected chi connectivity index (χ2v) is 3.94. The fourth-order valence-electron chi connectivity index (χ4n) is 1.69. The summed E-state index contributed by atoms with van der Waals surface area (Å²) in [5, 5.41) is 0. The molecule has 4 heteroatoms. The molecule has 0 fully saturated rings. The molecular weight excluding hydrogens is 236 g/mol. The lowest BCUT2D eigenvalue weighted by Crippen LogP contribution is -2.08. The van der Waals surface area contributed by atoms with E-state index in [2.05, 4.69) is 4.98 Å². The zero-order valence-electron chi connectivity index (χ0n) is 9.73. The van der Waals surface area contributed by atoms with Crippen molar-refractivity contribution < 1.29 is 13.6 Å². The Morgan fingerprint density at radius 3 is 2.61 bits per heavy atom. The third-order valence-electron chi connectivity index (χ3n) is 2.59. The van der Waals surface area contributed by atoms with Crippen LogP contribution < -0.4 is 0 Å². The summed E-state index contributed by atoms with van der Waals surface area (Å²) in [4.78, 5) is 16.0. The number of carbonyl (C=O) groups excluding carboxylic acids is 1. The maximum Gasteiger partial charge on any atom is 0.264 e. The molecule has 18 heavy (non-hydrogen) atoms. The summed E-state index contributed by atoms with van der Waals surface area (Å²) in [5.74, 6) is -0.477. The van der Waals surface area contributed by atoms with Gasteiger partial charge in [-0.05, 0) is 25.1 Å². The molecular formula is C14H11F2NO. The van der Waals surface area contributed by atoms with Gasteiger partial charge in [-0.3, -0.25) is 9.78 Å². The summed E-state index contributed by atoms with van der Waals surface area (Å²) < 4.78 is 25.7. The highest BCUT2D eigenvalue weighted by Crippen LogP contribution is 2.25. The van der Waals surface area contributed by atoms with E-state index < -0.39 is 12.2 Å². The van der Waals surface area contributed by atoms with E-state index >= 15 is 0 Å². The predicted molar refractivity (Wildman–Crippen MR) is 63.8 cm³/mol. The Balaban J connectivity index is 2.50. The highest BCUT2D eigenvalue weighted by atomic mass is 19.3. The van der Waals surface area contributed by atoms with Gasteiger partial charge in [0.15, 0.2) is 0 Å². The minimum atomic E-state index is -2.67. The molecule has 0 aliphatic carbocycles. The van der Waals surface area contributed by atoms with Crippen LogP contribution in [0.2, 0.25) is 0 Å². The SMILES string of the molecule is Cc1ccc(C(F)F)c(C(=O)c2ccccn2)c1. The minimum absolute atomic E-state index is 0.0173. The van der Waals surface area contributed by atoms with Crippen molar-refractivity contribution in [2.24, 2.45) is 0 Å². The molecule has 0 amide bonds. The van der Waals surface area contributed by atoms with Crippen molar-refractivity contribution >= 4 is 5.78 Å². The van der Waals surface area contributed by atoms with E-state index in [0.29, 0.717) is 0 Å². The molecule has 0 aliphatic heterocycles. The van der Waals surface area contributed by atoms with Crippen LogP contribution in [0.15, 0.2) is 42.6 Å². The van der Waals surface area contributed by atoms with E-state index in [1.807, 2.05) is 0 Å². The van der Waals surface area contributed by atoms with Gasteiger partial charge < -0.3 is 0 Å². The van der Waals surface area contributed by atoms with Crippen molar-refractivity contribution in [3.63, 3.8) is 0 Å². The number of hydrogen-bond acceptors (Lipinski definition) is 2. The van der Waals surface area contributed by atoms with Crippen LogP contribution in [0, 0.1) is 6.92 Å². The molecule has 1 aromatic heterocycles. The van der Waals surface area contributed by atoms with Gasteiger partial charge in [0.25, 0.3) is 6.43 Å². The number of alkyl halides is 2. The van der Waals surface area contributed by atoms with E-state index in [9.17, 15) is 13.6 Å². The third kappa shape index (κ3) is 2.42. The van der Waals surface area contributed by atoms with Crippen molar-refractivity contribution in [1.29, 1.82) is 0 Å². The van der Waals surface area contributed by atoms with Crippen LogP contribution in [0.4, 0.5) is 8.78 Å². The van der Waals surface area contributed by atoms with E-state index in [0.717, 1.165) is 5.56 Å². The average Bonchev–Trinajstić information content (AvgIpc) is 2.38. The number of aryl methyl sites for hydroxylation is 1. The third-order valence-corrected chi connectivity index (χ3v) is 2.59. The van der Waals surface area contributed by atoms with Gasteiger partial charge >= 0.3 is 0 Å². The first kappa shape index (κ1) is 12.4. The number of rotatable bonds is 3. The Morgan fingerprint density at radius 1 is 1.22 bits per heavy atom. The first-order valence-corrected chi connectivity index (χ1v) is 5.44. The smallest absolute Gasteiger partial charge is 0.264 e. The van der Waals surface area contributed by atoms with Crippen LogP contribution in [0.25, 0.3) is 0 Å². The van der Waals surface area contributed by atoms with Crippen LogP contribution >= 0.6 is 0 Å². The number of hydrogen-bond donors (Lipinski definition) is 0. The van der Waals surface area contributed by atoms with E-state index in [4.69, 9.17) is 0 Å². The first-order chi connectivity index (χ1) is 8.59. The number of nitrogens with zero attached hydrogens (tertiary/aromatic N) is 1. The molecule has 0 bridgehead atoms. The fourth-order valence-corrected chi connectivity index (χ4v) is 1.69. The highest BCUT2D eigenvalue weighted by Gasteiger charge is 2.20. The lowest BCUT2D eigenvalue weighted by molar-refractivity contribution is 0.102. The molecule has 1 heterocycles. The average molecular weight is 247 g/mol. The molecule has 1 aromatic carbocycles. The molecule has 92 valence electrons. The summed E-state index contributed by atoms with van der Waals surface area (Å²) in [6, 6.07) is 9.16. The molecule has 0 aliphatic rings. The molecule has 0 N–H and O–H groups in total. The van der Waals surface area contributed by atoms with Crippen LogP contribution in [0.5, 0.6) is 0 Å². The Hall–Kier alpha value is -2.10. The maximum absolute atomic E-state index is 12.9. The molecule has 2 nitrogen and oxygen atoms in total. The van der Waals surface area contributed by atoms with Crippen LogP contribution in [0.3, 0.4) is 0 Å². The fraction of sp³-hybridized carbons (Fsp3) is 0.143. The van der Waals surface area contributed by atoms with Crippen molar-refractivity contribution in [2.75, 3.05) is 0 Å². The zero-order valence-corrected chi connectivity index (χ0v) is 9.73. The number of pyridine rings is 1. The van der Waals surface area contributed by atoms with Gasteiger partial charge in [0.05, 0.1) is 0 Å². The molecule has 0 saturated heterocycles. The van der Waals surface area contributed by atoms with Crippen LogP contribution in [-0.4, -0.2) is 10.8 Å². The normalized spacial score (nSPS) is 10.7. The predicted octanol–water partition coefficient (Wildman–Crippen LogP) is 3.56. The van der Waals surface area contributed by atoms with Crippen molar-refractivity contribution in [3.05, 3.63) is 65.0 Å². The maximum atomic E-state index is 12.9. The quantitative estimate of drug-likeness (QED) is 0.776. The highest BCUT2D eigenvalue weighted by molar-refractivity contribution is 6.08. The standard InChI is InChI=1S/C14H11F2NO/c1-9-5-6-10(14(15)16)11(8-9)13(18)12-4-2-3-7-17-12/h2-8,14H,1H3. The van der Waals surface area contributed by atoms with Crippen molar-refractivity contribution in [1.82, 2.24) is 4.98 Å². The van der Waals surface area contributed by atoms with Gasteiger partial charge in [0.1, 0.15) is 5.69 Å². The Kier molecular flexibility index (Phi) is 3.46. The summed E-state index contributed by atoms with van der Waals surface area (Å²) in [6.07, 6.45) is -1.21. The van der Waals surface area contributed by atoms with E-state index in [1.165, 1.54) is 24.4 Å². The van der Waals surface area contributed by atoms with Gasteiger partial charge in [-0.25, -0.2) is 8.78 Å². The number of carbonyl (C=O) groups is 1. The zero-order chi connectivity index (χ0) is 13.1. The second kappa shape index (κ2) is 5.04. The minimum Gasteiger partial charge on any atom is -0.287 e. The molecule has 0 atom stereocenters. The van der Waals surface area contributed by atoms with Crippen molar-refractivity contribution in [3.8, 4) is 0 Å². The Morgan fingerprint density at radius 2 is 2.00 bits per heavy atom. The largest absolute Gasteiger partial charge is 0.287 e. The molecule has 2 aromatic rings. The lowest BCUT2D eigenvalue weighted by Gasteiger charge is -2.08.